The molecule has 0 fully saturated rings. The third-order valence-electron chi connectivity index (χ3n) is 2.26. The molecule has 0 radical (unpaired) electrons. The van der Waals surface area contributed by atoms with Gasteiger partial charge in [-0.25, -0.2) is 13.2 Å². The highest BCUT2D eigenvalue weighted by Gasteiger charge is 2.41. The van der Waals surface area contributed by atoms with Crippen molar-refractivity contribution in [3.63, 3.8) is 0 Å². The molecular weight excluding hydrogens is 257 g/mol. The molecule has 0 saturated carbocycles. The summed E-state index contributed by atoms with van der Waals surface area (Å²) in [5.74, 6) is -4.97. The van der Waals surface area contributed by atoms with Crippen LogP contribution in [-0.2, 0) is 4.74 Å². The smallest absolute Gasteiger partial charge is 0.330 e. The summed E-state index contributed by atoms with van der Waals surface area (Å²) in [7, 11) is 0. The lowest BCUT2D eigenvalue weighted by molar-refractivity contribution is -0.176. The normalized spacial score (nSPS) is 13.9. The first-order valence-electron chi connectivity index (χ1n) is 5.10. The van der Waals surface area contributed by atoms with E-state index in [0.717, 1.165) is 6.07 Å². The fourth-order valence-electron chi connectivity index (χ4n) is 1.30. The molecule has 2 N–H and O–H groups in total. The second-order valence-electron chi connectivity index (χ2n) is 3.62. The van der Waals surface area contributed by atoms with Crippen molar-refractivity contribution < 1.29 is 26.7 Å². The molecule has 1 aromatic rings. The van der Waals surface area contributed by atoms with Crippen LogP contribution in [0.25, 0.3) is 0 Å². The van der Waals surface area contributed by atoms with E-state index in [4.69, 9.17) is 5.73 Å². The van der Waals surface area contributed by atoms with E-state index in [1.165, 1.54) is 18.2 Å². The third-order valence-corrected chi connectivity index (χ3v) is 2.26. The Morgan fingerprint density at radius 1 is 1.22 bits per heavy atom. The minimum Gasteiger partial charge on any atom is -0.366 e. The lowest BCUT2D eigenvalue weighted by Gasteiger charge is -2.21. The summed E-state index contributed by atoms with van der Waals surface area (Å²) >= 11 is 0. The Kier molecular flexibility index (Phi) is 5.03. The highest BCUT2D eigenvalue weighted by molar-refractivity contribution is 5.20. The monoisotopic (exact) mass is 269 g/mol. The van der Waals surface area contributed by atoms with E-state index in [1.54, 1.807) is 0 Å². The van der Waals surface area contributed by atoms with Gasteiger partial charge in [0.05, 0.1) is 6.10 Å². The van der Waals surface area contributed by atoms with Gasteiger partial charge in [-0.05, 0) is 6.07 Å². The van der Waals surface area contributed by atoms with E-state index in [1.807, 2.05) is 0 Å². The first-order valence-corrected chi connectivity index (χ1v) is 5.10. The molecule has 0 aromatic heterocycles. The van der Waals surface area contributed by atoms with Crippen molar-refractivity contribution in [2.75, 3.05) is 13.2 Å². The number of alkyl halides is 4. The number of benzene rings is 1. The highest BCUT2D eigenvalue weighted by atomic mass is 19.3. The molecule has 0 amide bonds. The van der Waals surface area contributed by atoms with Crippen molar-refractivity contribution in [1.82, 2.24) is 0 Å². The maximum atomic E-state index is 13.3. The van der Waals surface area contributed by atoms with Crippen molar-refractivity contribution in [1.29, 1.82) is 0 Å². The summed E-state index contributed by atoms with van der Waals surface area (Å²) in [6.07, 6.45) is -5.02. The molecular formula is C11H12F5NO. The van der Waals surface area contributed by atoms with Crippen LogP contribution in [0, 0.1) is 5.82 Å². The Morgan fingerprint density at radius 3 is 2.33 bits per heavy atom. The van der Waals surface area contributed by atoms with Gasteiger partial charge in [0.15, 0.2) is 0 Å². The molecule has 1 atom stereocenters. The summed E-state index contributed by atoms with van der Waals surface area (Å²) in [6, 6.07) is 5.27. The molecule has 0 spiro atoms. The standard InChI is InChI=1S/C11H12F5NO/c12-8-4-2-1-3-7(8)9(5-17)18-6-11(15,16)10(13)14/h1-4,9-10H,5-6,17H2. The number of halogens is 5. The Balaban J connectivity index is 2.72. The topological polar surface area (TPSA) is 35.2 Å². The van der Waals surface area contributed by atoms with Gasteiger partial charge >= 0.3 is 12.3 Å². The summed E-state index contributed by atoms with van der Waals surface area (Å²) in [4.78, 5) is 0. The second-order valence-corrected chi connectivity index (χ2v) is 3.62. The van der Waals surface area contributed by atoms with E-state index in [9.17, 15) is 22.0 Å². The average molecular weight is 269 g/mol. The summed E-state index contributed by atoms with van der Waals surface area (Å²) < 4.78 is 67.0. The number of rotatable bonds is 6. The van der Waals surface area contributed by atoms with Crippen molar-refractivity contribution in [2.45, 2.75) is 18.5 Å². The van der Waals surface area contributed by atoms with Gasteiger partial charge in [-0.2, -0.15) is 8.78 Å². The lowest BCUT2D eigenvalue weighted by atomic mass is 10.1. The second kappa shape index (κ2) is 6.10. The van der Waals surface area contributed by atoms with Crippen molar-refractivity contribution in [3.05, 3.63) is 35.6 Å². The van der Waals surface area contributed by atoms with Gasteiger partial charge in [-0.3, -0.25) is 0 Å². The maximum Gasteiger partial charge on any atom is 0.330 e. The number of hydrogen-bond donors (Lipinski definition) is 1. The molecule has 1 rings (SSSR count). The predicted molar refractivity (Wildman–Crippen MR) is 55.1 cm³/mol. The molecule has 102 valence electrons. The fourth-order valence-corrected chi connectivity index (χ4v) is 1.30. The zero-order valence-electron chi connectivity index (χ0n) is 9.25. The van der Waals surface area contributed by atoms with Crippen LogP contribution in [0.4, 0.5) is 22.0 Å². The van der Waals surface area contributed by atoms with Crippen LogP contribution < -0.4 is 5.73 Å². The van der Waals surface area contributed by atoms with E-state index in [0.29, 0.717) is 0 Å². The molecule has 0 bridgehead atoms. The molecule has 0 aliphatic rings. The van der Waals surface area contributed by atoms with Crippen LogP contribution in [-0.4, -0.2) is 25.5 Å². The number of hydrogen-bond acceptors (Lipinski definition) is 2. The Hall–Kier alpha value is -1.21. The summed E-state index contributed by atoms with van der Waals surface area (Å²) in [6.45, 7) is -1.80. The minimum absolute atomic E-state index is 0.0370. The van der Waals surface area contributed by atoms with Crippen LogP contribution >= 0.6 is 0 Å². The molecule has 0 heterocycles. The molecule has 2 nitrogen and oxygen atoms in total. The van der Waals surface area contributed by atoms with Gasteiger partial charge in [-0.1, -0.05) is 18.2 Å². The van der Waals surface area contributed by atoms with Crippen LogP contribution in [0.15, 0.2) is 24.3 Å². The van der Waals surface area contributed by atoms with Crippen molar-refractivity contribution in [2.24, 2.45) is 5.73 Å². The van der Waals surface area contributed by atoms with Crippen LogP contribution in [0.5, 0.6) is 0 Å². The van der Waals surface area contributed by atoms with Crippen LogP contribution in [0.1, 0.15) is 11.7 Å². The van der Waals surface area contributed by atoms with Gasteiger partial charge < -0.3 is 10.5 Å². The first kappa shape index (κ1) is 14.8. The van der Waals surface area contributed by atoms with Gasteiger partial charge in [0.25, 0.3) is 0 Å². The van der Waals surface area contributed by atoms with E-state index < -0.39 is 30.9 Å². The Labute approximate surface area is 101 Å². The molecule has 18 heavy (non-hydrogen) atoms. The summed E-state index contributed by atoms with van der Waals surface area (Å²) in [5.41, 5.74) is 5.22. The highest BCUT2D eigenvalue weighted by Crippen LogP contribution is 2.27. The van der Waals surface area contributed by atoms with Crippen molar-refractivity contribution in [3.8, 4) is 0 Å². The molecule has 1 unspecified atom stereocenters. The van der Waals surface area contributed by atoms with E-state index >= 15 is 0 Å². The number of ether oxygens (including phenoxy) is 1. The molecule has 1 aromatic carbocycles. The Morgan fingerprint density at radius 2 is 1.83 bits per heavy atom. The zero-order chi connectivity index (χ0) is 13.8. The van der Waals surface area contributed by atoms with Crippen LogP contribution in [0.3, 0.4) is 0 Å². The Bertz CT molecular complexity index is 385. The minimum atomic E-state index is -4.28. The van der Waals surface area contributed by atoms with Gasteiger partial charge in [0.2, 0.25) is 0 Å². The molecule has 0 aliphatic heterocycles. The molecule has 7 heteroatoms. The van der Waals surface area contributed by atoms with Gasteiger partial charge in [-0.15, -0.1) is 0 Å². The molecule has 0 saturated heterocycles. The first-order chi connectivity index (χ1) is 8.38. The van der Waals surface area contributed by atoms with Crippen molar-refractivity contribution >= 4 is 0 Å². The van der Waals surface area contributed by atoms with Gasteiger partial charge in [0.1, 0.15) is 12.4 Å². The van der Waals surface area contributed by atoms with Gasteiger partial charge in [0, 0.05) is 12.1 Å². The SMILES string of the molecule is NCC(OCC(F)(F)C(F)F)c1ccccc1F. The van der Waals surface area contributed by atoms with E-state index in [-0.39, 0.29) is 12.1 Å². The third kappa shape index (κ3) is 3.64. The predicted octanol–water partition coefficient (Wildman–Crippen LogP) is 2.74. The average Bonchev–Trinajstić information content (AvgIpc) is 2.31. The lowest BCUT2D eigenvalue weighted by Crippen LogP contribution is -2.34. The van der Waals surface area contributed by atoms with Crippen LogP contribution in [0.2, 0.25) is 0 Å². The van der Waals surface area contributed by atoms with E-state index in [2.05, 4.69) is 4.74 Å². The number of nitrogens with two attached hydrogens (primary N) is 1. The summed E-state index contributed by atoms with van der Waals surface area (Å²) in [5, 5.41) is 0. The fraction of sp³-hybridized carbons (Fsp3) is 0.455. The largest absolute Gasteiger partial charge is 0.366 e. The zero-order valence-corrected chi connectivity index (χ0v) is 9.25. The molecule has 0 aliphatic carbocycles. The maximum absolute atomic E-state index is 13.3. The quantitative estimate of drug-likeness (QED) is 0.806.